The van der Waals surface area contributed by atoms with Crippen LogP contribution in [0.25, 0.3) is 0 Å². The third-order valence-electron chi connectivity index (χ3n) is 3.24. The monoisotopic (exact) mass is 183 g/mol. The number of fused-ring (bicyclic) bond motifs is 2. The van der Waals surface area contributed by atoms with Crippen LogP contribution >= 0.6 is 0 Å². The quantitative estimate of drug-likeness (QED) is 0.569. The Labute approximate surface area is 79.0 Å². The largest absolute Gasteiger partial charge is 0.462 e. The van der Waals surface area contributed by atoms with E-state index in [-0.39, 0.29) is 12.1 Å². The van der Waals surface area contributed by atoms with E-state index in [0.29, 0.717) is 6.04 Å². The first-order valence-electron chi connectivity index (χ1n) is 5.02. The molecule has 0 aromatic heterocycles. The molecule has 3 atom stereocenters. The maximum absolute atomic E-state index is 10.8. The molecule has 3 heteroatoms. The normalized spacial score (nSPS) is 39.1. The molecule has 1 aliphatic heterocycles. The maximum Gasteiger partial charge on any atom is 0.302 e. The first kappa shape index (κ1) is 9.00. The van der Waals surface area contributed by atoms with Crippen LogP contribution in [0.3, 0.4) is 0 Å². The fourth-order valence-corrected chi connectivity index (χ4v) is 2.74. The third kappa shape index (κ3) is 1.85. The number of ether oxygens (including phenoxy) is 1. The van der Waals surface area contributed by atoms with Gasteiger partial charge in [-0.3, -0.25) is 4.79 Å². The lowest BCUT2D eigenvalue weighted by atomic mass is 9.88. The average molecular weight is 183 g/mol. The summed E-state index contributed by atoms with van der Waals surface area (Å²) in [7, 11) is 2.17. The van der Waals surface area contributed by atoms with Crippen LogP contribution in [0.1, 0.15) is 26.2 Å². The van der Waals surface area contributed by atoms with Crippen molar-refractivity contribution < 1.29 is 9.53 Å². The Bertz CT molecular complexity index is 215. The zero-order chi connectivity index (χ0) is 9.42. The second-order valence-corrected chi connectivity index (χ2v) is 4.40. The van der Waals surface area contributed by atoms with Crippen molar-refractivity contribution in [1.29, 1.82) is 0 Å². The zero-order valence-corrected chi connectivity index (χ0v) is 8.32. The summed E-state index contributed by atoms with van der Waals surface area (Å²) in [4.78, 5) is 13.2. The molecule has 0 spiro atoms. The molecule has 1 aliphatic carbocycles. The second-order valence-electron chi connectivity index (χ2n) is 4.40. The smallest absolute Gasteiger partial charge is 0.302 e. The van der Waals surface area contributed by atoms with Crippen LogP contribution in [0.15, 0.2) is 0 Å². The van der Waals surface area contributed by atoms with Crippen molar-refractivity contribution in [3.8, 4) is 0 Å². The molecule has 0 radical (unpaired) electrons. The van der Waals surface area contributed by atoms with E-state index in [1.54, 1.807) is 0 Å². The highest BCUT2D eigenvalue weighted by atomic mass is 16.5. The number of likely N-dealkylation sites (tertiary alicyclic amines) is 1. The molecular weight excluding hydrogens is 166 g/mol. The fourth-order valence-electron chi connectivity index (χ4n) is 2.74. The first-order valence-corrected chi connectivity index (χ1v) is 5.02. The molecule has 3 nitrogen and oxygen atoms in total. The van der Waals surface area contributed by atoms with Crippen LogP contribution in [0.5, 0.6) is 0 Å². The van der Waals surface area contributed by atoms with E-state index in [2.05, 4.69) is 11.9 Å². The molecule has 2 rings (SSSR count). The minimum absolute atomic E-state index is 0.131. The van der Waals surface area contributed by atoms with Gasteiger partial charge in [0.2, 0.25) is 0 Å². The van der Waals surface area contributed by atoms with Crippen LogP contribution in [0.4, 0.5) is 0 Å². The van der Waals surface area contributed by atoms with Crippen molar-refractivity contribution in [3.05, 3.63) is 0 Å². The first-order chi connectivity index (χ1) is 6.15. The molecule has 0 amide bonds. The molecule has 2 bridgehead atoms. The molecule has 2 fully saturated rings. The van der Waals surface area contributed by atoms with Crippen LogP contribution in [0, 0.1) is 5.92 Å². The predicted octanol–water partition coefficient (Wildman–Crippen LogP) is 1.03. The van der Waals surface area contributed by atoms with Gasteiger partial charge in [0.1, 0.15) is 6.10 Å². The summed E-state index contributed by atoms with van der Waals surface area (Å²) < 4.78 is 5.25. The Morgan fingerprint density at radius 1 is 1.38 bits per heavy atom. The molecule has 1 heterocycles. The standard InChI is InChI=1S/C10H17NO2/c1-7(12)13-10-4-8-3-9(5-10)11(2)6-8/h8-10H,3-6H2,1-2H3/t8-,9+,10-/m1/s1. The fraction of sp³-hybridized carbons (Fsp3) is 0.900. The van der Waals surface area contributed by atoms with Crippen LogP contribution in [-0.2, 0) is 9.53 Å². The molecule has 2 aliphatic rings. The van der Waals surface area contributed by atoms with Gasteiger partial charge in [0.15, 0.2) is 0 Å². The van der Waals surface area contributed by atoms with E-state index in [1.807, 2.05) is 0 Å². The molecule has 0 aromatic rings. The molecule has 74 valence electrons. The summed E-state index contributed by atoms with van der Waals surface area (Å²) >= 11 is 0. The van der Waals surface area contributed by atoms with Gasteiger partial charge in [0.05, 0.1) is 0 Å². The Kier molecular flexibility index (Phi) is 2.28. The number of carbonyl (C=O) groups excluding carboxylic acids is 1. The zero-order valence-electron chi connectivity index (χ0n) is 8.32. The van der Waals surface area contributed by atoms with Gasteiger partial charge in [0, 0.05) is 19.5 Å². The third-order valence-corrected chi connectivity index (χ3v) is 3.24. The number of carbonyl (C=O) groups is 1. The highest BCUT2D eigenvalue weighted by molar-refractivity contribution is 5.66. The molecule has 0 N–H and O–H groups in total. The van der Waals surface area contributed by atoms with Gasteiger partial charge in [-0.2, -0.15) is 0 Å². The van der Waals surface area contributed by atoms with Gasteiger partial charge in [0.25, 0.3) is 0 Å². The van der Waals surface area contributed by atoms with E-state index in [1.165, 1.54) is 19.9 Å². The predicted molar refractivity (Wildman–Crippen MR) is 49.3 cm³/mol. The van der Waals surface area contributed by atoms with E-state index < -0.39 is 0 Å². The molecule has 1 saturated heterocycles. The maximum atomic E-state index is 10.8. The second kappa shape index (κ2) is 3.29. The highest BCUT2D eigenvalue weighted by Gasteiger charge is 2.38. The number of nitrogens with zero attached hydrogens (tertiary/aromatic N) is 1. The van der Waals surface area contributed by atoms with E-state index in [9.17, 15) is 4.79 Å². The van der Waals surface area contributed by atoms with Gasteiger partial charge in [-0.15, -0.1) is 0 Å². The molecule has 0 unspecified atom stereocenters. The van der Waals surface area contributed by atoms with Crippen LogP contribution in [0.2, 0.25) is 0 Å². The van der Waals surface area contributed by atoms with Crippen molar-refractivity contribution >= 4 is 5.97 Å². The topological polar surface area (TPSA) is 29.5 Å². The van der Waals surface area contributed by atoms with Crippen molar-refractivity contribution in [1.82, 2.24) is 4.90 Å². The number of hydrogen-bond acceptors (Lipinski definition) is 3. The SMILES string of the molecule is CC(=O)O[C@@H]1C[C@H]2C[C@@H](C1)N(C)C2. The van der Waals surface area contributed by atoms with Gasteiger partial charge >= 0.3 is 5.97 Å². The van der Waals surface area contributed by atoms with Crippen LogP contribution < -0.4 is 0 Å². The van der Waals surface area contributed by atoms with Crippen molar-refractivity contribution in [3.63, 3.8) is 0 Å². The summed E-state index contributed by atoms with van der Waals surface area (Å²) in [5.74, 6) is 0.627. The number of rotatable bonds is 1. The Morgan fingerprint density at radius 2 is 2.15 bits per heavy atom. The number of esters is 1. The molecule has 13 heavy (non-hydrogen) atoms. The minimum Gasteiger partial charge on any atom is -0.462 e. The van der Waals surface area contributed by atoms with E-state index in [4.69, 9.17) is 4.74 Å². The lowest BCUT2D eigenvalue weighted by Crippen LogP contribution is -2.31. The van der Waals surface area contributed by atoms with Gasteiger partial charge < -0.3 is 9.64 Å². The summed E-state index contributed by atoms with van der Waals surface area (Å²) in [6.07, 6.45) is 3.59. The van der Waals surface area contributed by atoms with Crippen molar-refractivity contribution in [2.24, 2.45) is 5.92 Å². The lowest BCUT2D eigenvalue weighted by Gasteiger charge is -2.27. The summed E-state index contributed by atoms with van der Waals surface area (Å²) in [6, 6.07) is 0.656. The summed E-state index contributed by atoms with van der Waals surface area (Å²) in [5, 5.41) is 0. The van der Waals surface area contributed by atoms with Gasteiger partial charge in [-0.25, -0.2) is 0 Å². The van der Waals surface area contributed by atoms with E-state index in [0.717, 1.165) is 18.8 Å². The Balaban J connectivity index is 1.93. The lowest BCUT2D eigenvalue weighted by molar-refractivity contribution is -0.148. The Hall–Kier alpha value is -0.570. The highest BCUT2D eigenvalue weighted by Crippen LogP contribution is 2.35. The summed E-state index contributed by atoms with van der Waals surface area (Å²) in [6.45, 7) is 2.68. The van der Waals surface area contributed by atoms with E-state index >= 15 is 0 Å². The Morgan fingerprint density at radius 3 is 2.77 bits per heavy atom. The number of hydrogen-bond donors (Lipinski definition) is 0. The average Bonchev–Trinajstić information content (AvgIpc) is 2.25. The minimum atomic E-state index is -0.131. The van der Waals surface area contributed by atoms with Gasteiger partial charge in [-0.1, -0.05) is 0 Å². The van der Waals surface area contributed by atoms with Crippen LogP contribution in [-0.4, -0.2) is 36.6 Å². The molecule has 1 saturated carbocycles. The van der Waals surface area contributed by atoms with Gasteiger partial charge in [-0.05, 0) is 32.2 Å². The molecule has 0 aromatic carbocycles. The molecular formula is C10H17NO2. The van der Waals surface area contributed by atoms with Crippen molar-refractivity contribution in [2.45, 2.75) is 38.3 Å². The van der Waals surface area contributed by atoms with Crippen molar-refractivity contribution in [2.75, 3.05) is 13.6 Å². The summed E-state index contributed by atoms with van der Waals surface area (Å²) in [5.41, 5.74) is 0.